The quantitative estimate of drug-likeness (QED) is 0.897. The molecular formula is C14H12F2O2. The van der Waals surface area contributed by atoms with Crippen molar-refractivity contribution in [2.24, 2.45) is 0 Å². The summed E-state index contributed by atoms with van der Waals surface area (Å²) in [7, 11) is 0. The van der Waals surface area contributed by atoms with Crippen LogP contribution < -0.4 is 4.74 Å². The number of halogens is 2. The third kappa shape index (κ3) is 2.65. The minimum Gasteiger partial charge on any atom is -0.457 e. The van der Waals surface area contributed by atoms with Gasteiger partial charge in [-0.3, -0.25) is 0 Å². The molecule has 2 aromatic carbocycles. The number of hydrogen-bond donors (Lipinski definition) is 1. The molecule has 2 aromatic rings. The molecule has 1 N–H and O–H groups in total. The topological polar surface area (TPSA) is 29.5 Å². The number of hydrogen-bond acceptors (Lipinski definition) is 2. The lowest BCUT2D eigenvalue weighted by atomic mass is 10.1. The van der Waals surface area contributed by atoms with Crippen molar-refractivity contribution in [3.63, 3.8) is 0 Å². The molecule has 1 atom stereocenters. The van der Waals surface area contributed by atoms with E-state index < -0.39 is 17.7 Å². The molecule has 0 saturated heterocycles. The molecule has 0 spiro atoms. The van der Waals surface area contributed by atoms with Gasteiger partial charge in [-0.1, -0.05) is 12.1 Å². The summed E-state index contributed by atoms with van der Waals surface area (Å²) in [4.78, 5) is 0. The van der Waals surface area contributed by atoms with Gasteiger partial charge in [0.05, 0.1) is 11.7 Å². The molecule has 18 heavy (non-hydrogen) atoms. The van der Waals surface area contributed by atoms with Crippen LogP contribution in [-0.4, -0.2) is 5.11 Å². The normalized spacial score (nSPS) is 12.2. The smallest absolute Gasteiger partial charge is 0.136 e. The van der Waals surface area contributed by atoms with E-state index in [1.54, 1.807) is 6.07 Å². The van der Waals surface area contributed by atoms with E-state index in [-0.39, 0.29) is 17.1 Å². The molecule has 0 bridgehead atoms. The fraction of sp³-hybridized carbons (Fsp3) is 0.143. The summed E-state index contributed by atoms with van der Waals surface area (Å²) < 4.78 is 32.0. The molecule has 0 radical (unpaired) electrons. The summed E-state index contributed by atoms with van der Waals surface area (Å²) in [5.74, 6) is -0.570. The van der Waals surface area contributed by atoms with Crippen LogP contribution >= 0.6 is 0 Å². The minimum absolute atomic E-state index is 0.0572. The van der Waals surface area contributed by atoms with Crippen LogP contribution in [0.4, 0.5) is 8.78 Å². The molecule has 0 aromatic heterocycles. The lowest BCUT2D eigenvalue weighted by Gasteiger charge is -2.13. The predicted molar refractivity (Wildman–Crippen MR) is 63.5 cm³/mol. The summed E-state index contributed by atoms with van der Waals surface area (Å²) in [5, 5.41) is 9.52. The van der Waals surface area contributed by atoms with Crippen molar-refractivity contribution >= 4 is 0 Å². The molecule has 94 valence electrons. The van der Waals surface area contributed by atoms with Gasteiger partial charge in [0, 0.05) is 6.07 Å². The van der Waals surface area contributed by atoms with Gasteiger partial charge in [-0.25, -0.2) is 8.78 Å². The van der Waals surface area contributed by atoms with E-state index in [1.165, 1.54) is 43.3 Å². The first-order valence-electron chi connectivity index (χ1n) is 5.48. The standard InChI is InChI=1S/C14H12F2O2/c1-9(17)14-12(16)6-3-7-13(14)18-11-5-2-4-10(15)8-11/h2-9,17H,1H3/t9-/m1/s1. The van der Waals surface area contributed by atoms with Crippen molar-refractivity contribution in [1.29, 1.82) is 0 Å². The highest BCUT2D eigenvalue weighted by molar-refractivity contribution is 5.39. The molecule has 0 aliphatic carbocycles. The van der Waals surface area contributed by atoms with Crippen LogP contribution in [0.15, 0.2) is 42.5 Å². The van der Waals surface area contributed by atoms with Crippen molar-refractivity contribution in [2.75, 3.05) is 0 Å². The molecule has 0 fully saturated rings. The molecule has 2 rings (SSSR count). The number of aliphatic hydroxyl groups is 1. The summed E-state index contributed by atoms with van der Waals surface area (Å²) >= 11 is 0. The van der Waals surface area contributed by atoms with Gasteiger partial charge in [0.2, 0.25) is 0 Å². The molecule has 0 amide bonds. The van der Waals surface area contributed by atoms with E-state index in [0.29, 0.717) is 0 Å². The van der Waals surface area contributed by atoms with E-state index in [9.17, 15) is 13.9 Å². The Morgan fingerprint density at radius 1 is 1.11 bits per heavy atom. The zero-order valence-electron chi connectivity index (χ0n) is 9.73. The van der Waals surface area contributed by atoms with Gasteiger partial charge in [0.1, 0.15) is 23.1 Å². The van der Waals surface area contributed by atoms with E-state index in [0.717, 1.165) is 0 Å². The third-order valence-electron chi connectivity index (χ3n) is 2.45. The van der Waals surface area contributed by atoms with Crippen molar-refractivity contribution in [3.8, 4) is 11.5 Å². The summed E-state index contributed by atoms with van der Waals surface area (Å²) in [6.45, 7) is 1.44. The third-order valence-corrected chi connectivity index (χ3v) is 2.45. The largest absolute Gasteiger partial charge is 0.457 e. The molecule has 4 heteroatoms. The van der Waals surface area contributed by atoms with Crippen LogP contribution in [0, 0.1) is 11.6 Å². The van der Waals surface area contributed by atoms with E-state index >= 15 is 0 Å². The maximum Gasteiger partial charge on any atom is 0.136 e. The van der Waals surface area contributed by atoms with Gasteiger partial charge < -0.3 is 9.84 Å². The highest BCUT2D eigenvalue weighted by atomic mass is 19.1. The van der Waals surface area contributed by atoms with E-state index in [1.807, 2.05) is 0 Å². The summed E-state index contributed by atoms with van der Waals surface area (Å²) in [6, 6.07) is 9.75. The van der Waals surface area contributed by atoms with E-state index in [4.69, 9.17) is 4.74 Å². The van der Waals surface area contributed by atoms with Crippen molar-refractivity contribution in [3.05, 3.63) is 59.7 Å². The second-order valence-electron chi connectivity index (χ2n) is 3.89. The Labute approximate surface area is 103 Å². The SMILES string of the molecule is C[C@@H](O)c1c(F)cccc1Oc1cccc(F)c1. The van der Waals surface area contributed by atoms with Crippen LogP contribution in [0.1, 0.15) is 18.6 Å². The van der Waals surface area contributed by atoms with Crippen LogP contribution in [0.2, 0.25) is 0 Å². The van der Waals surface area contributed by atoms with Gasteiger partial charge in [-0.15, -0.1) is 0 Å². The maximum absolute atomic E-state index is 13.6. The Morgan fingerprint density at radius 3 is 2.50 bits per heavy atom. The second-order valence-corrected chi connectivity index (χ2v) is 3.89. The first kappa shape index (κ1) is 12.5. The Balaban J connectivity index is 2.37. The highest BCUT2D eigenvalue weighted by Crippen LogP contribution is 2.31. The summed E-state index contributed by atoms with van der Waals surface area (Å²) in [6.07, 6.45) is -1.00. The summed E-state index contributed by atoms with van der Waals surface area (Å²) in [5.41, 5.74) is 0.0572. The van der Waals surface area contributed by atoms with Crippen molar-refractivity contribution in [1.82, 2.24) is 0 Å². The number of ether oxygens (including phenoxy) is 1. The molecule has 0 heterocycles. The van der Waals surface area contributed by atoms with Crippen molar-refractivity contribution < 1.29 is 18.6 Å². The zero-order chi connectivity index (χ0) is 13.1. The van der Waals surface area contributed by atoms with Crippen LogP contribution in [0.25, 0.3) is 0 Å². The first-order valence-corrected chi connectivity index (χ1v) is 5.48. The molecule has 2 nitrogen and oxygen atoms in total. The average molecular weight is 250 g/mol. The average Bonchev–Trinajstić information content (AvgIpc) is 2.28. The Kier molecular flexibility index (Phi) is 3.58. The monoisotopic (exact) mass is 250 g/mol. The second kappa shape index (κ2) is 5.14. The Morgan fingerprint density at radius 2 is 1.83 bits per heavy atom. The van der Waals surface area contributed by atoms with Crippen molar-refractivity contribution in [2.45, 2.75) is 13.0 Å². The fourth-order valence-corrected chi connectivity index (χ4v) is 1.67. The van der Waals surface area contributed by atoms with Gasteiger partial charge in [0.25, 0.3) is 0 Å². The zero-order valence-corrected chi connectivity index (χ0v) is 9.73. The molecule has 0 unspecified atom stereocenters. The van der Waals surface area contributed by atoms with Gasteiger partial charge in [-0.2, -0.15) is 0 Å². The lowest BCUT2D eigenvalue weighted by molar-refractivity contribution is 0.190. The predicted octanol–water partition coefficient (Wildman–Crippen LogP) is 3.81. The minimum atomic E-state index is -1.00. The van der Waals surface area contributed by atoms with Gasteiger partial charge >= 0.3 is 0 Å². The van der Waals surface area contributed by atoms with Crippen LogP contribution in [0.5, 0.6) is 11.5 Å². The molecule has 0 aliphatic heterocycles. The Bertz CT molecular complexity index is 553. The molecule has 0 saturated carbocycles. The van der Waals surface area contributed by atoms with Crippen LogP contribution in [-0.2, 0) is 0 Å². The van der Waals surface area contributed by atoms with Crippen LogP contribution in [0.3, 0.4) is 0 Å². The highest BCUT2D eigenvalue weighted by Gasteiger charge is 2.15. The molecular weight excluding hydrogens is 238 g/mol. The molecule has 0 aliphatic rings. The number of aliphatic hydroxyl groups excluding tert-OH is 1. The first-order chi connectivity index (χ1) is 8.58. The fourth-order valence-electron chi connectivity index (χ4n) is 1.67. The maximum atomic E-state index is 13.6. The van der Waals surface area contributed by atoms with Gasteiger partial charge in [-0.05, 0) is 31.2 Å². The number of benzene rings is 2. The van der Waals surface area contributed by atoms with Gasteiger partial charge in [0.15, 0.2) is 0 Å². The van der Waals surface area contributed by atoms with E-state index in [2.05, 4.69) is 0 Å². The Hall–Kier alpha value is -1.94. The lowest BCUT2D eigenvalue weighted by Crippen LogP contribution is -1.99. The number of rotatable bonds is 3.